The van der Waals surface area contributed by atoms with Crippen molar-refractivity contribution in [1.82, 2.24) is 26.6 Å². The summed E-state index contributed by atoms with van der Waals surface area (Å²) in [5, 5.41) is 323. The first-order chi connectivity index (χ1) is 61.7. The standard InChI is InChI=1S/C72H121N5O53/c1-18(88)74-33-43(98)37(92)23(6-79)114-63(33)113-16-32-42(97)62(55(110)72(123-32)126-58-29(12-85)120-65(36(46(58)101)77-21(4)91)128-60-40(95)25(8-81)117-71(53(60)108)127-59-30(13-86)121-67(52(107)49(59)104)111-14-22(5-78)73-17-87)129-66-35(76-20(3)90)45(100)57(28(11-84)119-66)124-69-51(106)48(103)39(94)31(122-69)15-112-64-34(75-19(2)89)44(99)56(27(10-83)118-64)125-70-54(109)61(41(96)26(9-82)116-70)130-68-50(105)47(102)38(93)24(7-80)115-68/h17,22-72,78-86,92-110H,5-16H2,1-4H3,(H,73,87)(H,74,88)(H,75,89)(H,76,90)(H,77,91)/t22-,23-,24-,25-,26-,27-,28-,29-,30-,31-,32-,33-,34-,35-,36-,37-,38+,39+,40+,41+,42+,43-,44-,45-,46-,47+,48+,49-,50-,51-,52-,53-,54-,55-,56-,57-,58-,59-,60+,61+,62+,63-,64-,65+,66+,67-,68-,69+,70+,71+,72+/m1/s1. The van der Waals surface area contributed by atoms with Gasteiger partial charge in [-0.3, -0.25) is 24.0 Å². The predicted octanol–water partition coefficient (Wildman–Crippen LogP) is -23.1. The molecule has 0 saturated carbocycles. The summed E-state index contributed by atoms with van der Waals surface area (Å²) in [6.45, 7) is -8.06. The Labute approximate surface area is 736 Å². The number of amides is 5. The van der Waals surface area contributed by atoms with Gasteiger partial charge >= 0.3 is 0 Å². The monoisotopic (exact) mass is 1900 g/mol. The average Bonchev–Trinajstić information content (AvgIpc) is 0.753. The second-order valence-electron chi connectivity index (χ2n) is 32.5. The summed E-state index contributed by atoms with van der Waals surface area (Å²) in [5.41, 5.74) is 0. The number of rotatable bonds is 38. The highest BCUT2D eigenvalue weighted by molar-refractivity contribution is 5.74. The van der Waals surface area contributed by atoms with Crippen LogP contribution < -0.4 is 26.6 Å². The first-order valence-corrected chi connectivity index (χ1v) is 41.4. The Morgan fingerprint density at radius 2 is 0.492 bits per heavy atom. The number of aliphatic hydroxyl groups is 28. The Bertz CT molecular complexity index is 3500. The van der Waals surface area contributed by atoms with Crippen LogP contribution in [0, 0.1) is 0 Å². The van der Waals surface area contributed by atoms with Crippen LogP contribution in [0.25, 0.3) is 0 Å². The van der Waals surface area contributed by atoms with Crippen molar-refractivity contribution in [3.63, 3.8) is 0 Å². The Morgan fingerprint density at radius 1 is 0.254 bits per heavy atom. The number of carbonyl (C=O) groups excluding carboxylic acids is 5. The Morgan fingerprint density at radius 3 is 0.831 bits per heavy atom. The van der Waals surface area contributed by atoms with Crippen molar-refractivity contribution in [2.45, 2.75) is 341 Å². The molecule has 752 valence electrons. The molecule has 58 heteroatoms. The molecule has 0 radical (unpaired) electrons. The van der Waals surface area contributed by atoms with Crippen molar-refractivity contribution in [2.24, 2.45) is 0 Å². The smallest absolute Gasteiger partial charge is 0.217 e. The summed E-state index contributed by atoms with van der Waals surface area (Å²) in [7, 11) is 0. The average molecular weight is 1900 g/mol. The molecule has 10 heterocycles. The molecule has 0 aromatic rings. The topological polar surface area (TPSA) is 897 Å². The third-order valence-corrected chi connectivity index (χ3v) is 23.4. The molecule has 0 aliphatic carbocycles. The van der Waals surface area contributed by atoms with Crippen LogP contribution in [0.4, 0.5) is 0 Å². The van der Waals surface area contributed by atoms with Crippen LogP contribution in [0.5, 0.6) is 0 Å². The molecular formula is C72H121N5O53. The fourth-order valence-corrected chi connectivity index (χ4v) is 16.5. The van der Waals surface area contributed by atoms with Gasteiger partial charge < -0.3 is 264 Å². The first kappa shape index (κ1) is 107. The maximum absolute atomic E-state index is 13.2. The van der Waals surface area contributed by atoms with Crippen molar-refractivity contribution in [2.75, 3.05) is 79.3 Å². The van der Waals surface area contributed by atoms with Gasteiger partial charge in [-0.15, -0.1) is 0 Å². The van der Waals surface area contributed by atoms with Crippen molar-refractivity contribution in [1.29, 1.82) is 0 Å². The van der Waals surface area contributed by atoms with Crippen LogP contribution in [-0.2, 0) is 119 Å². The van der Waals surface area contributed by atoms with Gasteiger partial charge in [0.05, 0.1) is 85.3 Å². The van der Waals surface area contributed by atoms with E-state index in [9.17, 15) is 167 Å². The van der Waals surface area contributed by atoms with Crippen LogP contribution in [0.3, 0.4) is 0 Å². The minimum atomic E-state index is -2.52. The summed E-state index contributed by atoms with van der Waals surface area (Å²) in [6.07, 6.45) is -94.3. The van der Waals surface area contributed by atoms with Gasteiger partial charge in [0.15, 0.2) is 62.9 Å². The van der Waals surface area contributed by atoms with Gasteiger partial charge in [0, 0.05) is 27.7 Å². The highest BCUT2D eigenvalue weighted by Gasteiger charge is 2.62. The molecule has 0 aromatic carbocycles. The number of carbonyl (C=O) groups is 5. The SMILES string of the molecule is CC(=O)N[C@H]1[C@H](O[C@H]2[C@@H](O)[C@@H](CO[C@@H]3O[C@H](CO)[C@@H](O)[C@H](O)[C@H]3NC(C)=O)O[C@@H](O[C@H]3[C@H](O)[C@@H](NC(C)=O)[C@H](O[C@H]4[C@@H](O)[C@@H](CO)O[C@@H](O[C@H]5[C@H](O)[C@@H](O)[C@H](OC[C@@H](CO)NC=O)O[C@@H]5CO)[C@@H]4O)O[C@@H]3CO)[C@@H]2O)O[C@H](CO)[C@@H](O[C@@H]2O[C@H](CO[C@@H]3O[C@H](CO)[C@@H](O[C@@H]4O[C@H](CO)[C@H](O)[C@H](O[C@H]5O[C@H](CO)[C@H](O)[C@H](O)[C@H]5O)[C@H]4O)[C@H](O)[C@H]3NC(C)=O)[C@H](O)[C@H](O)[C@H]2O)[C@@H]1O. The van der Waals surface area contributed by atoms with Crippen molar-refractivity contribution >= 4 is 30.0 Å². The number of nitrogens with one attached hydrogen (secondary N) is 5. The minimum absolute atomic E-state index is 0.243. The lowest BCUT2D eigenvalue weighted by molar-refractivity contribution is -0.389. The number of hydrogen-bond donors (Lipinski definition) is 33. The van der Waals surface area contributed by atoms with Crippen molar-refractivity contribution in [3.05, 3.63) is 0 Å². The molecule has 5 amide bonds. The van der Waals surface area contributed by atoms with E-state index in [2.05, 4.69) is 26.6 Å². The molecule has 10 rings (SSSR count). The molecule has 0 aromatic heterocycles. The second kappa shape index (κ2) is 48.1. The van der Waals surface area contributed by atoms with E-state index < -0.39 is 416 Å². The Balaban J connectivity index is 0.867. The van der Waals surface area contributed by atoms with Gasteiger partial charge in [-0.2, -0.15) is 0 Å². The Kier molecular flexibility index (Phi) is 39.8. The molecule has 10 aliphatic heterocycles. The maximum Gasteiger partial charge on any atom is 0.217 e. The summed E-state index contributed by atoms with van der Waals surface area (Å²) in [6, 6.07) is -8.60. The molecule has 0 bridgehead atoms. The third kappa shape index (κ3) is 24.4. The van der Waals surface area contributed by atoms with E-state index in [1.807, 2.05) is 0 Å². The van der Waals surface area contributed by atoms with Crippen LogP contribution >= 0.6 is 0 Å². The molecule has 0 spiro atoms. The van der Waals surface area contributed by atoms with Gasteiger partial charge in [-0.1, -0.05) is 0 Å². The fraction of sp³-hybridized carbons (Fsp3) is 0.931. The zero-order valence-electron chi connectivity index (χ0n) is 69.7. The largest absolute Gasteiger partial charge is 0.394 e. The van der Waals surface area contributed by atoms with Crippen LogP contribution in [0.15, 0.2) is 0 Å². The van der Waals surface area contributed by atoms with E-state index in [1.54, 1.807) is 0 Å². The normalized spacial score (nSPS) is 47.6. The molecule has 10 aliphatic rings. The highest BCUT2D eigenvalue weighted by Crippen LogP contribution is 2.41. The summed E-state index contributed by atoms with van der Waals surface area (Å²) in [4.78, 5) is 62.7. The molecule has 0 unspecified atom stereocenters. The maximum atomic E-state index is 13.2. The van der Waals surface area contributed by atoms with E-state index in [0.717, 1.165) is 27.7 Å². The third-order valence-electron chi connectivity index (χ3n) is 23.4. The lowest BCUT2D eigenvalue weighted by Crippen LogP contribution is -2.71. The van der Waals surface area contributed by atoms with Crippen LogP contribution in [-0.4, -0.2) is 565 Å². The van der Waals surface area contributed by atoms with Gasteiger partial charge in [0.1, 0.15) is 244 Å². The number of aliphatic hydroxyl groups excluding tert-OH is 28. The molecule has 51 atom stereocenters. The summed E-state index contributed by atoms with van der Waals surface area (Å²) >= 11 is 0. The summed E-state index contributed by atoms with van der Waals surface area (Å²) in [5.74, 6) is -3.74. The van der Waals surface area contributed by atoms with Crippen LogP contribution in [0.1, 0.15) is 27.7 Å². The van der Waals surface area contributed by atoms with Gasteiger partial charge in [-0.05, 0) is 0 Å². The molecular weight excluding hydrogens is 1780 g/mol. The summed E-state index contributed by atoms with van der Waals surface area (Å²) < 4.78 is 117. The number of ether oxygens (including phenoxy) is 20. The molecule has 33 N–H and O–H groups in total. The van der Waals surface area contributed by atoms with Crippen molar-refractivity contribution < 1.29 is 262 Å². The zero-order chi connectivity index (χ0) is 95.6. The predicted molar refractivity (Wildman–Crippen MR) is 400 cm³/mol. The molecule has 10 saturated heterocycles. The fourth-order valence-electron chi connectivity index (χ4n) is 16.5. The highest BCUT2D eigenvalue weighted by atomic mass is 16.8. The zero-order valence-corrected chi connectivity index (χ0v) is 69.7. The molecule has 58 nitrogen and oxygen atoms in total. The van der Waals surface area contributed by atoms with Crippen LogP contribution in [0.2, 0.25) is 0 Å². The second-order valence-corrected chi connectivity index (χ2v) is 32.5. The molecule has 10 fully saturated rings. The lowest BCUT2D eigenvalue weighted by Gasteiger charge is -2.51. The van der Waals surface area contributed by atoms with Gasteiger partial charge in [0.25, 0.3) is 0 Å². The minimum Gasteiger partial charge on any atom is -0.394 e. The van der Waals surface area contributed by atoms with Gasteiger partial charge in [0.2, 0.25) is 30.0 Å². The Hall–Kier alpha value is -4.57. The van der Waals surface area contributed by atoms with E-state index in [0.29, 0.717) is 0 Å². The molecule has 130 heavy (non-hydrogen) atoms. The van der Waals surface area contributed by atoms with E-state index in [4.69, 9.17) is 94.7 Å². The quantitative estimate of drug-likeness (QED) is 0.0255. The van der Waals surface area contributed by atoms with Crippen molar-refractivity contribution in [3.8, 4) is 0 Å². The van der Waals surface area contributed by atoms with E-state index in [-0.39, 0.29) is 6.41 Å². The van der Waals surface area contributed by atoms with E-state index >= 15 is 0 Å². The van der Waals surface area contributed by atoms with E-state index in [1.165, 1.54) is 0 Å². The first-order valence-electron chi connectivity index (χ1n) is 41.4. The van der Waals surface area contributed by atoms with Gasteiger partial charge in [-0.25, -0.2) is 0 Å². The number of hydrogen-bond acceptors (Lipinski definition) is 53. The lowest BCUT2D eigenvalue weighted by atomic mass is 9.93.